The summed E-state index contributed by atoms with van der Waals surface area (Å²) in [4.78, 5) is 23.4. The SMILES string of the molecule is O=C(/C=C/c1ccccc1OC(F)(F)F)NCC(=O)Nc1ccc(F)c(F)c1F. The molecule has 0 saturated heterocycles. The van der Waals surface area contributed by atoms with Crippen LogP contribution in [0.1, 0.15) is 5.56 Å². The summed E-state index contributed by atoms with van der Waals surface area (Å²) in [6, 6.07) is 6.45. The zero-order valence-corrected chi connectivity index (χ0v) is 14.3. The fourth-order valence-electron chi connectivity index (χ4n) is 2.04. The summed E-state index contributed by atoms with van der Waals surface area (Å²) in [6.07, 6.45) is -3.04. The Bertz CT molecular complexity index is 944. The van der Waals surface area contributed by atoms with Gasteiger partial charge in [-0.3, -0.25) is 9.59 Å². The van der Waals surface area contributed by atoms with Crippen LogP contribution in [0.3, 0.4) is 0 Å². The highest BCUT2D eigenvalue weighted by Crippen LogP contribution is 2.27. The topological polar surface area (TPSA) is 67.4 Å². The highest BCUT2D eigenvalue weighted by Gasteiger charge is 2.31. The second-order valence-corrected chi connectivity index (χ2v) is 5.41. The summed E-state index contributed by atoms with van der Waals surface area (Å²) >= 11 is 0. The molecule has 154 valence electrons. The van der Waals surface area contributed by atoms with Crippen molar-refractivity contribution in [3.63, 3.8) is 0 Å². The lowest BCUT2D eigenvalue weighted by molar-refractivity contribution is -0.274. The van der Waals surface area contributed by atoms with Gasteiger partial charge >= 0.3 is 6.36 Å². The van der Waals surface area contributed by atoms with Gasteiger partial charge < -0.3 is 15.4 Å². The number of carbonyl (C=O) groups is 2. The van der Waals surface area contributed by atoms with Crippen molar-refractivity contribution in [3.8, 4) is 5.75 Å². The molecular formula is C18H12F6N2O3. The van der Waals surface area contributed by atoms with E-state index in [1.165, 1.54) is 18.2 Å². The number of hydrogen-bond acceptors (Lipinski definition) is 3. The van der Waals surface area contributed by atoms with Crippen molar-refractivity contribution >= 4 is 23.6 Å². The molecule has 0 heterocycles. The second kappa shape index (κ2) is 9.13. The van der Waals surface area contributed by atoms with Gasteiger partial charge in [0.25, 0.3) is 0 Å². The fourth-order valence-corrected chi connectivity index (χ4v) is 2.04. The average Bonchev–Trinajstić information content (AvgIpc) is 2.65. The molecule has 0 saturated carbocycles. The predicted molar refractivity (Wildman–Crippen MR) is 90.1 cm³/mol. The molecule has 0 spiro atoms. The summed E-state index contributed by atoms with van der Waals surface area (Å²) in [5.74, 6) is -7.14. The number of hydrogen-bond donors (Lipinski definition) is 2. The molecule has 0 unspecified atom stereocenters. The summed E-state index contributed by atoms with van der Waals surface area (Å²) < 4.78 is 80.2. The Balaban J connectivity index is 1.93. The molecule has 0 fully saturated rings. The zero-order chi connectivity index (χ0) is 21.6. The van der Waals surface area contributed by atoms with Crippen LogP contribution in [0.4, 0.5) is 32.0 Å². The molecule has 0 aliphatic heterocycles. The Kier molecular flexibility index (Phi) is 6.86. The largest absolute Gasteiger partial charge is 0.573 e. The number of ether oxygens (including phenoxy) is 1. The minimum absolute atomic E-state index is 0.0479. The highest BCUT2D eigenvalue weighted by atomic mass is 19.4. The van der Waals surface area contributed by atoms with Gasteiger partial charge in [0.15, 0.2) is 17.5 Å². The van der Waals surface area contributed by atoms with Crippen molar-refractivity contribution in [2.75, 3.05) is 11.9 Å². The first-order valence-corrected chi connectivity index (χ1v) is 7.81. The van der Waals surface area contributed by atoms with Crippen LogP contribution in [-0.4, -0.2) is 24.7 Å². The Labute approximate surface area is 160 Å². The lowest BCUT2D eigenvalue weighted by atomic mass is 10.2. The first-order chi connectivity index (χ1) is 13.6. The number of halogens is 6. The molecular weight excluding hydrogens is 406 g/mol. The number of rotatable bonds is 6. The Morgan fingerprint density at radius 3 is 2.38 bits per heavy atom. The molecule has 0 atom stereocenters. The number of amides is 2. The summed E-state index contributed by atoms with van der Waals surface area (Å²) in [6.45, 7) is -0.664. The van der Waals surface area contributed by atoms with Gasteiger partial charge in [-0.25, -0.2) is 13.2 Å². The van der Waals surface area contributed by atoms with E-state index in [1.54, 1.807) is 0 Å². The van der Waals surface area contributed by atoms with E-state index in [4.69, 9.17) is 0 Å². The maximum atomic E-state index is 13.5. The van der Waals surface area contributed by atoms with Gasteiger partial charge in [0.1, 0.15) is 5.75 Å². The minimum atomic E-state index is -4.92. The van der Waals surface area contributed by atoms with Crippen molar-refractivity contribution in [1.82, 2.24) is 5.32 Å². The van der Waals surface area contributed by atoms with E-state index in [0.717, 1.165) is 24.3 Å². The van der Waals surface area contributed by atoms with E-state index in [9.17, 15) is 35.9 Å². The molecule has 0 radical (unpaired) electrons. The first-order valence-electron chi connectivity index (χ1n) is 7.81. The van der Waals surface area contributed by atoms with Crippen LogP contribution >= 0.6 is 0 Å². The van der Waals surface area contributed by atoms with Crippen LogP contribution < -0.4 is 15.4 Å². The fraction of sp³-hybridized carbons (Fsp3) is 0.111. The Morgan fingerprint density at radius 1 is 1.00 bits per heavy atom. The van der Waals surface area contributed by atoms with E-state index in [1.807, 2.05) is 5.32 Å². The van der Waals surface area contributed by atoms with E-state index < -0.39 is 53.6 Å². The highest BCUT2D eigenvalue weighted by molar-refractivity contribution is 5.98. The first kappa shape index (κ1) is 21.8. The molecule has 5 nitrogen and oxygen atoms in total. The molecule has 29 heavy (non-hydrogen) atoms. The van der Waals surface area contributed by atoms with Crippen LogP contribution in [0.25, 0.3) is 6.08 Å². The molecule has 2 N–H and O–H groups in total. The van der Waals surface area contributed by atoms with Gasteiger partial charge in [0, 0.05) is 11.6 Å². The molecule has 2 aromatic rings. The third kappa shape index (κ3) is 6.55. The third-order valence-electron chi connectivity index (χ3n) is 3.29. The summed E-state index contributed by atoms with van der Waals surface area (Å²) in [5.41, 5.74) is -0.676. The average molecular weight is 418 g/mol. The number of nitrogens with one attached hydrogen (secondary N) is 2. The number of alkyl halides is 3. The van der Waals surface area contributed by atoms with Gasteiger partial charge in [-0.15, -0.1) is 13.2 Å². The quantitative estimate of drug-likeness (QED) is 0.427. The molecule has 11 heteroatoms. The molecule has 2 aromatic carbocycles. The molecule has 2 amide bonds. The summed E-state index contributed by atoms with van der Waals surface area (Å²) in [7, 11) is 0. The van der Waals surface area contributed by atoms with Crippen molar-refractivity contribution in [3.05, 3.63) is 65.5 Å². The predicted octanol–water partition coefficient (Wildman–Crippen LogP) is 3.77. The second-order valence-electron chi connectivity index (χ2n) is 5.41. The molecule has 0 aliphatic rings. The standard InChI is InChI=1S/C18H12F6N2O3/c19-11-6-7-12(17(21)16(11)20)26-15(28)9-25-14(27)8-5-10-3-1-2-4-13(10)29-18(22,23)24/h1-8H,9H2,(H,25,27)(H,26,28)/b8-5+. The van der Waals surface area contributed by atoms with Crippen LogP contribution in [0.5, 0.6) is 5.75 Å². The number of benzene rings is 2. The monoisotopic (exact) mass is 418 g/mol. The Morgan fingerprint density at radius 2 is 1.69 bits per heavy atom. The van der Waals surface area contributed by atoms with Crippen LogP contribution in [-0.2, 0) is 9.59 Å². The van der Waals surface area contributed by atoms with Gasteiger partial charge in [-0.05, 0) is 24.3 Å². The maximum absolute atomic E-state index is 13.5. The minimum Gasteiger partial charge on any atom is -0.405 e. The normalized spacial score (nSPS) is 11.4. The van der Waals surface area contributed by atoms with Gasteiger partial charge in [0.2, 0.25) is 11.8 Å². The molecule has 0 aliphatic carbocycles. The van der Waals surface area contributed by atoms with Crippen molar-refractivity contribution in [2.24, 2.45) is 0 Å². The van der Waals surface area contributed by atoms with E-state index in [0.29, 0.717) is 6.07 Å². The van der Waals surface area contributed by atoms with Crippen LogP contribution in [0, 0.1) is 17.5 Å². The number of anilines is 1. The molecule has 0 aromatic heterocycles. The van der Waals surface area contributed by atoms with E-state index in [2.05, 4.69) is 10.1 Å². The molecule has 0 bridgehead atoms. The zero-order valence-electron chi connectivity index (χ0n) is 14.3. The van der Waals surface area contributed by atoms with Gasteiger partial charge in [-0.2, -0.15) is 0 Å². The van der Waals surface area contributed by atoms with E-state index >= 15 is 0 Å². The lowest BCUT2D eigenvalue weighted by Gasteiger charge is -2.11. The maximum Gasteiger partial charge on any atom is 0.573 e. The smallest absolute Gasteiger partial charge is 0.405 e. The van der Waals surface area contributed by atoms with Crippen molar-refractivity contribution in [1.29, 1.82) is 0 Å². The van der Waals surface area contributed by atoms with E-state index in [-0.39, 0.29) is 5.56 Å². The van der Waals surface area contributed by atoms with Crippen LogP contribution in [0.2, 0.25) is 0 Å². The van der Waals surface area contributed by atoms with Gasteiger partial charge in [-0.1, -0.05) is 18.2 Å². The summed E-state index contributed by atoms with van der Waals surface area (Å²) in [5, 5.41) is 4.03. The lowest BCUT2D eigenvalue weighted by Crippen LogP contribution is -2.32. The third-order valence-corrected chi connectivity index (χ3v) is 3.29. The van der Waals surface area contributed by atoms with Crippen LogP contribution in [0.15, 0.2) is 42.5 Å². The van der Waals surface area contributed by atoms with Crippen molar-refractivity contribution in [2.45, 2.75) is 6.36 Å². The molecule has 2 rings (SSSR count). The van der Waals surface area contributed by atoms with Crippen molar-refractivity contribution < 1.29 is 40.7 Å². The Hall–Kier alpha value is -3.50. The van der Waals surface area contributed by atoms with Gasteiger partial charge in [0.05, 0.1) is 12.2 Å². The number of carbonyl (C=O) groups excluding carboxylic acids is 2. The number of para-hydroxylation sites is 1.